The summed E-state index contributed by atoms with van der Waals surface area (Å²) in [4.78, 5) is 0. The lowest BCUT2D eigenvalue weighted by molar-refractivity contribution is 1.12. The maximum Gasteiger partial charge on any atom is 0.101 e. The summed E-state index contributed by atoms with van der Waals surface area (Å²) in [5.41, 5.74) is 0. The molecule has 0 heterocycles. The van der Waals surface area contributed by atoms with Crippen LogP contribution in [0.15, 0.2) is 0 Å². The maximum absolute atomic E-state index is 2.39. The van der Waals surface area contributed by atoms with Gasteiger partial charge in [-0.3, -0.25) is 0 Å². The first-order valence-corrected chi connectivity index (χ1v) is 3.50. The van der Waals surface area contributed by atoms with Crippen LogP contribution in [0.5, 0.6) is 0 Å². The molecule has 0 aliphatic rings. The van der Waals surface area contributed by atoms with Crippen LogP contribution in [0, 0.1) is 0 Å². The largest absolute Gasteiger partial charge is 0.101 e. The van der Waals surface area contributed by atoms with Crippen LogP contribution < -0.4 is 0 Å². The highest BCUT2D eigenvalue weighted by Gasteiger charge is 1.70. The highest BCUT2D eigenvalue weighted by atomic mass is 127. The molecular formula is C3H8BI. The summed E-state index contributed by atoms with van der Waals surface area (Å²) in [6.45, 7) is 0. The van der Waals surface area contributed by atoms with E-state index < -0.39 is 0 Å². The Morgan fingerprint density at radius 2 is 2.20 bits per heavy atom. The Morgan fingerprint density at radius 1 is 1.60 bits per heavy atom. The summed E-state index contributed by atoms with van der Waals surface area (Å²) in [5, 5.41) is 0. The number of hydrogen-bond acceptors (Lipinski definition) is 0. The Labute approximate surface area is 47.9 Å². The molecule has 0 aliphatic heterocycles. The van der Waals surface area contributed by atoms with Gasteiger partial charge in [0.1, 0.15) is 7.85 Å². The van der Waals surface area contributed by atoms with Crippen LogP contribution in [0.2, 0.25) is 6.32 Å². The third kappa shape index (κ3) is 4.79. The Hall–Kier alpha value is 0.795. The van der Waals surface area contributed by atoms with E-state index in [1.165, 1.54) is 17.2 Å². The van der Waals surface area contributed by atoms with Crippen molar-refractivity contribution in [3.63, 3.8) is 0 Å². The van der Waals surface area contributed by atoms with E-state index in [1.54, 1.807) is 0 Å². The number of rotatable bonds is 2. The third-order valence-corrected chi connectivity index (χ3v) is 1.25. The first-order valence-electron chi connectivity index (χ1n) is 1.97. The molecule has 0 nitrogen and oxygen atoms in total. The monoisotopic (exact) mass is 182 g/mol. The van der Waals surface area contributed by atoms with Gasteiger partial charge in [0.2, 0.25) is 0 Å². The van der Waals surface area contributed by atoms with Gasteiger partial charge in [0.15, 0.2) is 0 Å². The smallest absolute Gasteiger partial charge is 0.0864 e. The van der Waals surface area contributed by atoms with E-state index in [4.69, 9.17) is 0 Å². The molecule has 0 aromatic carbocycles. The van der Waals surface area contributed by atoms with Crippen molar-refractivity contribution in [1.29, 1.82) is 0 Å². The summed E-state index contributed by atoms with van der Waals surface area (Å²) in [7, 11) is 2.21. The summed E-state index contributed by atoms with van der Waals surface area (Å²) in [5.74, 6) is 0. The number of alkyl halides is 1. The van der Waals surface area contributed by atoms with Crippen molar-refractivity contribution in [2.75, 3.05) is 4.43 Å². The Morgan fingerprint density at radius 3 is 2.20 bits per heavy atom. The fourth-order valence-electron chi connectivity index (χ4n) is 0.134. The summed E-state index contributed by atoms with van der Waals surface area (Å²) in [6.07, 6.45) is 2.71. The third-order valence-electron chi connectivity index (χ3n) is 0.487. The van der Waals surface area contributed by atoms with Crippen molar-refractivity contribution in [2.24, 2.45) is 0 Å². The molecule has 0 aromatic heterocycles. The van der Waals surface area contributed by atoms with Crippen LogP contribution in [0.4, 0.5) is 0 Å². The summed E-state index contributed by atoms with van der Waals surface area (Å²) >= 11 is 2.39. The van der Waals surface area contributed by atoms with Crippen LogP contribution in [-0.2, 0) is 0 Å². The molecule has 0 aromatic rings. The van der Waals surface area contributed by atoms with Crippen molar-refractivity contribution in [1.82, 2.24) is 0 Å². The van der Waals surface area contributed by atoms with Gasteiger partial charge >= 0.3 is 0 Å². The van der Waals surface area contributed by atoms with Crippen LogP contribution in [0.3, 0.4) is 0 Å². The van der Waals surface area contributed by atoms with E-state index in [9.17, 15) is 0 Å². The van der Waals surface area contributed by atoms with E-state index in [-0.39, 0.29) is 0 Å². The van der Waals surface area contributed by atoms with E-state index in [0.29, 0.717) is 0 Å². The van der Waals surface area contributed by atoms with Crippen LogP contribution >= 0.6 is 22.6 Å². The maximum atomic E-state index is 2.39. The van der Waals surface area contributed by atoms with Crippen LogP contribution in [-0.4, -0.2) is 12.3 Å². The van der Waals surface area contributed by atoms with Gasteiger partial charge < -0.3 is 0 Å². The van der Waals surface area contributed by atoms with Gasteiger partial charge in [-0.15, -0.1) is 0 Å². The Kier molecular flexibility index (Phi) is 5.56. The van der Waals surface area contributed by atoms with Crippen molar-refractivity contribution >= 4 is 30.4 Å². The Bertz CT molecular complexity index is 14.4. The lowest BCUT2D eigenvalue weighted by Crippen LogP contribution is -1.67. The minimum Gasteiger partial charge on any atom is -0.0864 e. The zero-order valence-electron chi connectivity index (χ0n) is 3.50. The Balaban J connectivity index is 2.19. The first kappa shape index (κ1) is 5.79. The molecule has 0 radical (unpaired) electrons. The van der Waals surface area contributed by atoms with Gasteiger partial charge in [-0.25, -0.2) is 0 Å². The molecule has 30 valence electrons. The van der Waals surface area contributed by atoms with Gasteiger partial charge in [-0.1, -0.05) is 35.3 Å². The van der Waals surface area contributed by atoms with E-state index in [1.807, 2.05) is 0 Å². The second-order valence-electron chi connectivity index (χ2n) is 1.04. The normalized spacial score (nSPS) is 8.20. The van der Waals surface area contributed by atoms with Gasteiger partial charge in [-0.2, -0.15) is 0 Å². The average Bonchev–Trinajstić information content (AvgIpc) is 1.41. The van der Waals surface area contributed by atoms with Gasteiger partial charge in [0.05, 0.1) is 0 Å². The summed E-state index contributed by atoms with van der Waals surface area (Å²) < 4.78 is 1.31. The second-order valence-corrected chi connectivity index (χ2v) is 2.12. The second kappa shape index (κ2) is 4.79. The van der Waals surface area contributed by atoms with Gasteiger partial charge in [0, 0.05) is 0 Å². The minimum atomic E-state index is 1.31. The predicted octanol–water partition coefficient (Wildman–Crippen LogP) is 0.863. The van der Waals surface area contributed by atoms with E-state index >= 15 is 0 Å². The van der Waals surface area contributed by atoms with E-state index in [0.717, 1.165) is 0 Å². The first-order chi connectivity index (χ1) is 2.41. The zero-order valence-corrected chi connectivity index (χ0v) is 5.66. The molecule has 0 bridgehead atoms. The zero-order chi connectivity index (χ0) is 4.12. The highest BCUT2D eigenvalue weighted by molar-refractivity contribution is 14.1. The van der Waals surface area contributed by atoms with E-state index in [2.05, 4.69) is 30.4 Å². The molecule has 2 heteroatoms. The highest BCUT2D eigenvalue weighted by Crippen LogP contribution is 1.88. The molecule has 0 spiro atoms. The average molecular weight is 182 g/mol. The van der Waals surface area contributed by atoms with Crippen molar-refractivity contribution < 1.29 is 0 Å². The van der Waals surface area contributed by atoms with Gasteiger partial charge in [-0.05, 0) is 4.43 Å². The molecule has 0 fully saturated rings. The molecule has 0 atom stereocenters. The minimum absolute atomic E-state index is 1.31. The quantitative estimate of drug-likeness (QED) is 0.337. The molecule has 0 unspecified atom stereocenters. The predicted molar refractivity (Wildman–Crippen MR) is 36.9 cm³/mol. The van der Waals surface area contributed by atoms with Crippen LogP contribution in [0.1, 0.15) is 6.42 Å². The number of hydrogen-bond donors (Lipinski definition) is 0. The van der Waals surface area contributed by atoms with Crippen LogP contribution in [0.25, 0.3) is 0 Å². The van der Waals surface area contributed by atoms with Crippen molar-refractivity contribution in [2.45, 2.75) is 12.7 Å². The molecule has 0 saturated heterocycles. The SMILES string of the molecule is BCCCI. The fraction of sp³-hybridized carbons (Fsp3) is 1.00. The molecule has 0 rings (SSSR count). The molecule has 0 amide bonds. The molecular weight excluding hydrogens is 174 g/mol. The summed E-state index contributed by atoms with van der Waals surface area (Å²) in [6, 6.07) is 0. The molecule has 0 N–H and O–H groups in total. The lowest BCUT2D eigenvalue weighted by Gasteiger charge is -1.77. The molecule has 0 aliphatic carbocycles. The topological polar surface area (TPSA) is 0 Å². The standard InChI is InChI=1S/C3H8BI/c4-2-1-3-5/h1-4H2. The van der Waals surface area contributed by atoms with Crippen molar-refractivity contribution in [3.05, 3.63) is 0 Å². The number of halogens is 1. The molecule has 0 saturated carbocycles. The lowest BCUT2D eigenvalue weighted by atomic mass is 10.0. The molecule has 5 heavy (non-hydrogen) atoms. The fourth-order valence-corrected chi connectivity index (χ4v) is 0.896. The van der Waals surface area contributed by atoms with Gasteiger partial charge in [0.25, 0.3) is 0 Å². The van der Waals surface area contributed by atoms with Crippen molar-refractivity contribution in [3.8, 4) is 0 Å².